The van der Waals surface area contributed by atoms with Crippen LogP contribution in [0.1, 0.15) is 10.7 Å². The molecule has 2 aromatic rings. The summed E-state index contributed by atoms with van der Waals surface area (Å²) in [4.78, 5) is 1.23. The van der Waals surface area contributed by atoms with Crippen LogP contribution in [0.4, 0.5) is 0 Å². The third kappa shape index (κ3) is 2.55. The van der Waals surface area contributed by atoms with Crippen LogP contribution in [0.15, 0.2) is 22.7 Å². The lowest BCUT2D eigenvalue weighted by Gasteiger charge is -2.01. The quantitative estimate of drug-likeness (QED) is 0.607. The lowest BCUT2D eigenvalue weighted by molar-refractivity contribution is 0.808. The molecule has 0 aliphatic rings. The van der Waals surface area contributed by atoms with Gasteiger partial charge in [0.1, 0.15) is 0 Å². The van der Waals surface area contributed by atoms with Gasteiger partial charge in [-0.15, -0.1) is 21.5 Å². The molecule has 0 aromatic carbocycles. The number of rotatable bonds is 5. The Morgan fingerprint density at radius 1 is 1.44 bits per heavy atom. The Labute approximate surface area is 102 Å². The lowest BCUT2D eigenvalue weighted by atomic mass is 10.3. The maximum absolute atomic E-state index is 5.90. The summed E-state index contributed by atoms with van der Waals surface area (Å²) >= 11 is 3.21. The number of nitrogens with zero attached hydrogens (tertiary/aromatic N) is 3. The molecule has 0 aliphatic heterocycles. The van der Waals surface area contributed by atoms with Crippen molar-refractivity contribution in [1.82, 2.24) is 14.9 Å². The SMILES string of the molecule is NCCSc1nnc(Cc2cccs2)n1N. The molecular weight excluding hydrogens is 242 g/mol. The van der Waals surface area contributed by atoms with Crippen LogP contribution >= 0.6 is 23.1 Å². The van der Waals surface area contributed by atoms with E-state index in [1.54, 1.807) is 16.0 Å². The van der Waals surface area contributed by atoms with Crippen LogP contribution in [0.2, 0.25) is 0 Å². The highest BCUT2D eigenvalue weighted by Gasteiger charge is 2.10. The summed E-state index contributed by atoms with van der Waals surface area (Å²) in [6, 6.07) is 4.08. The predicted octanol–water partition coefficient (Wildman–Crippen LogP) is 0.695. The fourth-order valence-electron chi connectivity index (χ4n) is 1.25. The average Bonchev–Trinajstić information content (AvgIpc) is 2.89. The van der Waals surface area contributed by atoms with Crippen LogP contribution in [0, 0.1) is 0 Å². The summed E-state index contributed by atoms with van der Waals surface area (Å²) in [5, 5.41) is 10.9. The average molecular weight is 255 g/mol. The zero-order valence-electron chi connectivity index (χ0n) is 8.67. The second-order valence-corrected chi connectivity index (χ2v) is 5.26. The molecule has 0 saturated carbocycles. The number of hydrogen-bond donors (Lipinski definition) is 2. The first-order chi connectivity index (χ1) is 7.81. The first kappa shape index (κ1) is 11.4. The highest BCUT2D eigenvalue weighted by Crippen LogP contribution is 2.17. The molecule has 0 unspecified atom stereocenters. The molecule has 0 atom stereocenters. The first-order valence-electron chi connectivity index (χ1n) is 4.86. The first-order valence-corrected chi connectivity index (χ1v) is 6.72. The van der Waals surface area contributed by atoms with Crippen LogP contribution in [-0.4, -0.2) is 27.2 Å². The number of hydrogen-bond acceptors (Lipinski definition) is 6. The van der Waals surface area contributed by atoms with Gasteiger partial charge in [0.2, 0.25) is 5.16 Å². The summed E-state index contributed by atoms with van der Waals surface area (Å²) in [5.41, 5.74) is 5.43. The second kappa shape index (κ2) is 5.33. The fraction of sp³-hybridized carbons (Fsp3) is 0.333. The topological polar surface area (TPSA) is 82.8 Å². The van der Waals surface area contributed by atoms with Crippen LogP contribution in [0.5, 0.6) is 0 Å². The molecule has 0 bridgehead atoms. The molecule has 7 heteroatoms. The summed E-state index contributed by atoms with van der Waals surface area (Å²) in [6.45, 7) is 0.609. The zero-order valence-corrected chi connectivity index (χ0v) is 10.3. The number of thioether (sulfide) groups is 1. The molecule has 2 aromatic heterocycles. The molecule has 0 aliphatic carbocycles. The van der Waals surface area contributed by atoms with E-state index in [1.165, 1.54) is 16.6 Å². The standard InChI is InChI=1S/C9H13N5S2/c10-3-5-16-9-13-12-8(14(9)11)6-7-2-1-4-15-7/h1-2,4H,3,5-6,10-11H2. The number of aromatic nitrogens is 3. The van der Waals surface area contributed by atoms with Gasteiger partial charge in [0, 0.05) is 23.6 Å². The molecule has 86 valence electrons. The molecule has 0 radical (unpaired) electrons. The predicted molar refractivity (Wildman–Crippen MR) is 67.1 cm³/mol. The number of nitrogens with two attached hydrogens (primary N) is 2. The smallest absolute Gasteiger partial charge is 0.209 e. The molecule has 0 amide bonds. The van der Waals surface area contributed by atoms with Crippen molar-refractivity contribution in [2.75, 3.05) is 18.1 Å². The van der Waals surface area contributed by atoms with Gasteiger partial charge in [0.15, 0.2) is 5.82 Å². The maximum atomic E-state index is 5.90. The van der Waals surface area contributed by atoms with E-state index in [1.807, 2.05) is 11.4 Å². The minimum atomic E-state index is 0.609. The number of nitrogen functional groups attached to an aromatic ring is 1. The van der Waals surface area contributed by atoms with E-state index in [9.17, 15) is 0 Å². The maximum Gasteiger partial charge on any atom is 0.209 e. The van der Waals surface area contributed by atoms with Gasteiger partial charge in [-0.3, -0.25) is 0 Å². The molecule has 2 rings (SSSR count). The van der Waals surface area contributed by atoms with Crippen LogP contribution in [-0.2, 0) is 6.42 Å². The van der Waals surface area contributed by atoms with E-state index in [0.29, 0.717) is 6.54 Å². The summed E-state index contributed by atoms with van der Waals surface area (Å²) in [5.74, 6) is 7.47. The molecule has 16 heavy (non-hydrogen) atoms. The van der Waals surface area contributed by atoms with E-state index in [4.69, 9.17) is 11.6 Å². The van der Waals surface area contributed by atoms with Gasteiger partial charge in [-0.1, -0.05) is 17.8 Å². The van der Waals surface area contributed by atoms with Crippen molar-refractivity contribution in [3.05, 3.63) is 28.2 Å². The summed E-state index contributed by atoms with van der Waals surface area (Å²) in [7, 11) is 0. The Morgan fingerprint density at radius 3 is 3.00 bits per heavy atom. The van der Waals surface area contributed by atoms with Crippen molar-refractivity contribution in [2.45, 2.75) is 11.6 Å². The Morgan fingerprint density at radius 2 is 2.31 bits per heavy atom. The molecule has 0 fully saturated rings. The highest BCUT2D eigenvalue weighted by atomic mass is 32.2. The van der Waals surface area contributed by atoms with Gasteiger partial charge in [0.05, 0.1) is 0 Å². The minimum absolute atomic E-state index is 0.609. The van der Waals surface area contributed by atoms with E-state index in [0.717, 1.165) is 23.2 Å². The van der Waals surface area contributed by atoms with Gasteiger partial charge in [-0.05, 0) is 11.4 Å². The monoisotopic (exact) mass is 255 g/mol. The van der Waals surface area contributed by atoms with Gasteiger partial charge in [-0.25, -0.2) is 4.68 Å². The van der Waals surface area contributed by atoms with Crippen molar-refractivity contribution in [2.24, 2.45) is 5.73 Å². The fourth-order valence-corrected chi connectivity index (χ4v) is 2.59. The molecule has 0 spiro atoms. The molecule has 2 heterocycles. The van der Waals surface area contributed by atoms with Gasteiger partial charge in [-0.2, -0.15) is 0 Å². The van der Waals surface area contributed by atoms with Gasteiger partial charge < -0.3 is 11.6 Å². The Balaban J connectivity index is 2.08. The van der Waals surface area contributed by atoms with E-state index in [-0.39, 0.29) is 0 Å². The normalized spacial score (nSPS) is 10.8. The minimum Gasteiger partial charge on any atom is -0.336 e. The summed E-state index contributed by atoms with van der Waals surface area (Å²) < 4.78 is 1.54. The molecule has 4 N–H and O–H groups in total. The van der Waals surface area contributed by atoms with Crippen LogP contribution < -0.4 is 11.6 Å². The Hall–Kier alpha value is -1.05. The van der Waals surface area contributed by atoms with Crippen molar-refractivity contribution < 1.29 is 0 Å². The van der Waals surface area contributed by atoms with Crippen molar-refractivity contribution >= 4 is 23.1 Å². The lowest BCUT2D eigenvalue weighted by Crippen LogP contribution is -2.14. The van der Waals surface area contributed by atoms with Crippen molar-refractivity contribution in [3.63, 3.8) is 0 Å². The van der Waals surface area contributed by atoms with Gasteiger partial charge >= 0.3 is 0 Å². The molecular formula is C9H13N5S2. The van der Waals surface area contributed by atoms with E-state index >= 15 is 0 Å². The number of thiophene rings is 1. The van der Waals surface area contributed by atoms with Crippen molar-refractivity contribution in [3.8, 4) is 0 Å². The molecule has 0 saturated heterocycles. The van der Waals surface area contributed by atoms with Crippen molar-refractivity contribution in [1.29, 1.82) is 0 Å². The Kier molecular flexibility index (Phi) is 3.81. The molecule has 5 nitrogen and oxygen atoms in total. The third-order valence-electron chi connectivity index (χ3n) is 2.00. The summed E-state index contributed by atoms with van der Waals surface area (Å²) in [6.07, 6.45) is 0.727. The van der Waals surface area contributed by atoms with E-state index in [2.05, 4.69) is 16.3 Å². The Bertz CT molecular complexity index is 437. The third-order valence-corrected chi connectivity index (χ3v) is 3.85. The highest BCUT2D eigenvalue weighted by molar-refractivity contribution is 7.99. The van der Waals surface area contributed by atoms with Gasteiger partial charge in [0.25, 0.3) is 0 Å². The largest absolute Gasteiger partial charge is 0.336 e. The second-order valence-electron chi connectivity index (χ2n) is 3.16. The van der Waals surface area contributed by atoms with Crippen LogP contribution in [0.25, 0.3) is 0 Å². The van der Waals surface area contributed by atoms with E-state index < -0.39 is 0 Å². The zero-order chi connectivity index (χ0) is 11.4. The van der Waals surface area contributed by atoms with Crippen LogP contribution in [0.3, 0.4) is 0 Å².